The highest BCUT2D eigenvalue weighted by Crippen LogP contribution is 2.34. The Morgan fingerprint density at radius 3 is 3.04 bits per heavy atom. The molecule has 3 aromatic rings. The van der Waals surface area contributed by atoms with Gasteiger partial charge in [0, 0.05) is 12.7 Å². The Kier molecular flexibility index (Phi) is 4.07. The van der Waals surface area contributed by atoms with Crippen LogP contribution < -0.4 is 4.74 Å². The predicted octanol–water partition coefficient (Wildman–Crippen LogP) is 1.85. The largest absolute Gasteiger partial charge is 0.477 e. The third-order valence-corrected chi connectivity index (χ3v) is 4.07. The first-order valence-electron chi connectivity index (χ1n) is 8.29. The fraction of sp³-hybridized carbons (Fsp3) is 0.375. The van der Waals surface area contributed by atoms with Gasteiger partial charge in [-0.2, -0.15) is 10.1 Å². The second kappa shape index (κ2) is 6.54. The number of hydrogen-bond acceptors (Lipinski definition) is 8. The molecule has 0 spiro atoms. The minimum absolute atomic E-state index is 0.265. The number of likely N-dealkylation sites (tertiary alicyclic amines) is 1. The number of aromatic nitrogens is 6. The van der Waals surface area contributed by atoms with Gasteiger partial charge in [-0.1, -0.05) is 9.95 Å². The Morgan fingerprint density at radius 2 is 2.35 bits per heavy atom. The highest BCUT2D eigenvalue weighted by Gasteiger charge is 2.38. The summed E-state index contributed by atoms with van der Waals surface area (Å²) in [5.41, 5.74) is 1.30. The van der Waals surface area contributed by atoms with Crippen LogP contribution in [0.15, 0.2) is 29.0 Å². The van der Waals surface area contributed by atoms with E-state index >= 15 is 0 Å². The highest BCUT2D eigenvalue weighted by molar-refractivity contribution is 5.76. The van der Waals surface area contributed by atoms with Crippen molar-refractivity contribution in [3.63, 3.8) is 0 Å². The predicted molar refractivity (Wildman–Crippen MR) is 88.3 cm³/mol. The number of amides is 1. The molecule has 0 bridgehead atoms. The Hall–Kier alpha value is -3.30. The minimum Gasteiger partial charge on any atom is -0.477 e. The van der Waals surface area contributed by atoms with Gasteiger partial charge in [0.2, 0.25) is 5.88 Å². The van der Waals surface area contributed by atoms with Gasteiger partial charge in [-0.05, 0) is 32.4 Å². The summed E-state index contributed by atoms with van der Waals surface area (Å²) in [5.74, 6) is 1.18. The van der Waals surface area contributed by atoms with E-state index in [0.717, 1.165) is 11.2 Å². The zero-order valence-electron chi connectivity index (χ0n) is 14.4. The van der Waals surface area contributed by atoms with Crippen LogP contribution in [-0.2, 0) is 0 Å². The normalized spacial score (nSPS) is 16.4. The fourth-order valence-electron chi connectivity index (χ4n) is 2.72. The van der Waals surface area contributed by atoms with E-state index in [-0.39, 0.29) is 12.1 Å². The summed E-state index contributed by atoms with van der Waals surface area (Å²) in [7, 11) is 0. The number of hydrogen-bond donors (Lipinski definition) is 0. The van der Waals surface area contributed by atoms with Crippen LogP contribution >= 0.6 is 0 Å². The van der Waals surface area contributed by atoms with Crippen LogP contribution in [0.5, 0.6) is 5.88 Å². The molecule has 0 N–H and O–H groups in total. The molecule has 3 aromatic heterocycles. The first-order valence-corrected chi connectivity index (χ1v) is 8.29. The van der Waals surface area contributed by atoms with E-state index in [1.54, 1.807) is 30.2 Å². The number of rotatable bonds is 4. The molecule has 0 aliphatic carbocycles. The molecule has 10 nitrogen and oxygen atoms in total. The van der Waals surface area contributed by atoms with E-state index in [4.69, 9.17) is 9.26 Å². The molecule has 4 heterocycles. The standard InChI is InChI=1S/C16H17N7O3/c1-3-25-14-11(5-4-7-17-14)15-19-13(21-26-15)12-6-8-22(12)16(24)23-18-9-10(2)20-23/h4-5,7,9,12H,3,6,8H2,1-2H3/t12-/m0/s1. The van der Waals surface area contributed by atoms with Gasteiger partial charge in [-0.3, -0.25) is 0 Å². The molecule has 10 heteroatoms. The molecular weight excluding hydrogens is 338 g/mol. The Bertz CT molecular complexity index is 935. The van der Waals surface area contributed by atoms with E-state index in [1.165, 1.54) is 6.20 Å². The number of nitrogens with zero attached hydrogens (tertiary/aromatic N) is 7. The Balaban J connectivity index is 1.56. The summed E-state index contributed by atoms with van der Waals surface area (Å²) in [4.78, 5) is 23.8. The molecule has 1 atom stereocenters. The van der Waals surface area contributed by atoms with E-state index in [0.29, 0.717) is 42.0 Å². The molecule has 0 radical (unpaired) electrons. The van der Waals surface area contributed by atoms with E-state index in [1.807, 2.05) is 6.92 Å². The van der Waals surface area contributed by atoms with Crippen LogP contribution in [0, 0.1) is 6.92 Å². The number of carbonyl (C=O) groups excluding carboxylic acids is 1. The maximum atomic E-state index is 12.5. The quantitative estimate of drug-likeness (QED) is 0.697. The number of aryl methyl sites for hydroxylation is 1. The third kappa shape index (κ3) is 2.79. The van der Waals surface area contributed by atoms with Gasteiger partial charge in [0.05, 0.1) is 24.5 Å². The molecular formula is C16H17N7O3. The molecule has 4 rings (SSSR count). The van der Waals surface area contributed by atoms with Crippen molar-refractivity contribution in [1.29, 1.82) is 0 Å². The number of ether oxygens (including phenoxy) is 1. The summed E-state index contributed by atoms with van der Waals surface area (Å²) in [6.45, 7) is 4.72. The van der Waals surface area contributed by atoms with Crippen molar-refractivity contribution in [2.75, 3.05) is 13.2 Å². The minimum atomic E-state index is -0.308. The number of pyridine rings is 1. The van der Waals surface area contributed by atoms with Crippen LogP contribution in [0.4, 0.5) is 4.79 Å². The monoisotopic (exact) mass is 355 g/mol. The van der Waals surface area contributed by atoms with Crippen LogP contribution in [0.3, 0.4) is 0 Å². The summed E-state index contributed by atoms with van der Waals surface area (Å²) < 4.78 is 10.9. The van der Waals surface area contributed by atoms with Crippen LogP contribution in [-0.4, -0.2) is 54.2 Å². The first kappa shape index (κ1) is 16.2. The maximum Gasteiger partial charge on any atom is 0.362 e. The number of carbonyl (C=O) groups is 1. The molecule has 1 aliphatic rings. The molecule has 1 fully saturated rings. The van der Waals surface area contributed by atoms with E-state index in [9.17, 15) is 4.79 Å². The molecule has 0 aromatic carbocycles. The van der Waals surface area contributed by atoms with Gasteiger partial charge in [-0.15, -0.1) is 5.10 Å². The zero-order valence-corrected chi connectivity index (χ0v) is 14.4. The molecule has 1 amide bonds. The zero-order chi connectivity index (χ0) is 18.1. The average molecular weight is 355 g/mol. The molecule has 26 heavy (non-hydrogen) atoms. The molecule has 0 unspecified atom stereocenters. The van der Waals surface area contributed by atoms with Crippen molar-refractivity contribution in [2.45, 2.75) is 26.3 Å². The summed E-state index contributed by atoms with van der Waals surface area (Å²) >= 11 is 0. The molecule has 1 aliphatic heterocycles. The van der Waals surface area contributed by atoms with Gasteiger partial charge < -0.3 is 14.2 Å². The van der Waals surface area contributed by atoms with Gasteiger partial charge in [-0.25, -0.2) is 9.78 Å². The summed E-state index contributed by atoms with van der Waals surface area (Å²) in [6.07, 6.45) is 3.92. The van der Waals surface area contributed by atoms with Crippen LogP contribution in [0.25, 0.3) is 11.5 Å². The lowest BCUT2D eigenvalue weighted by Crippen LogP contribution is -2.48. The van der Waals surface area contributed by atoms with Crippen molar-refractivity contribution in [3.8, 4) is 17.3 Å². The average Bonchev–Trinajstić information content (AvgIpc) is 3.24. The van der Waals surface area contributed by atoms with Gasteiger partial charge in [0.25, 0.3) is 5.89 Å². The van der Waals surface area contributed by atoms with Crippen molar-refractivity contribution < 1.29 is 14.1 Å². The smallest absolute Gasteiger partial charge is 0.362 e. The van der Waals surface area contributed by atoms with Crippen molar-refractivity contribution in [2.24, 2.45) is 0 Å². The second-order valence-corrected chi connectivity index (χ2v) is 5.80. The molecule has 0 saturated carbocycles. The van der Waals surface area contributed by atoms with Crippen LogP contribution in [0.1, 0.15) is 30.9 Å². The summed E-state index contributed by atoms with van der Waals surface area (Å²) in [6, 6.07) is 3.00. The molecule has 134 valence electrons. The topological polar surface area (TPSA) is 112 Å². The first-order chi connectivity index (χ1) is 12.7. The lowest BCUT2D eigenvalue weighted by molar-refractivity contribution is 0.104. The fourth-order valence-corrected chi connectivity index (χ4v) is 2.72. The maximum absolute atomic E-state index is 12.5. The van der Waals surface area contributed by atoms with E-state index in [2.05, 4.69) is 25.3 Å². The van der Waals surface area contributed by atoms with Crippen molar-refractivity contribution >= 4 is 6.03 Å². The Labute approximate surface area is 148 Å². The lowest BCUT2D eigenvalue weighted by Gasteiger charge is -2.37. The molecule has 1 saturated heterocycles. The lowest BCUT2D eigenvalue weighted by atomic mass is 10.0. The highest BCUT2D eigenvalue weighted by atomic mass is 16.5. The van der Waals surface area contributed by atoms with Crippen molar-refractivity contribution in [1.82, 2.24) is 35.0 Å². The summed E-state index contributed by atoms with van der Waals surface area (Å²) in [5, 5.41) is 12.0. The van der Waals surface area contributed by atoms with Gasteiger partial charge in [0.15, 0.2) is 5.82 Å². The van der Waals surface area contributed by atoms with Gasteiger partial charge in [0.1, 0.15) is 5.56 Å². The van der Waals surface area contributed by atoms with Gasteiger partial charge >= 0.3 is 6.03 Å². The van der Waals surface area contributed by atoms with Crippen molar-refractivity contribution in [3.05, 3.63) is 36.0 Å². The third-order valence-electron chi connectivity index (χ3n) is 4.07. The Morgan fingerprint density at radius 1 is 1.46 bits per heavy atom. The SMILES string of the molecule is CCOc1ncccc1-c1nc([C@@H]2CCN2C(=O)n2ncc(C)n2)no1. The second-order valence-electron chi connectivity index (χ2n) is 5.80. The van der Waals surface area contributed by atoms with E-state index < -0.39 is 0 Å². The van der Waals surface area contributed by atoms with Crippen LogP contribution in [0.2, 0.25) is 0 Å².